The van der Waals surface area contributed by atoms with Crippen LogP contribution in [0, 0.1) is 11.3 Å². The number of benzene rings is 2. The van der Waals surface area contributed by atoms with Crippen LogP contribution in [0.5, 0.6) is 5.75 Å². The Kier molecular flexibility index (Phi) is 5.90. The van der Waals surface area contributed by atoms with Crippen LogP contribution in [0.2, 0.25) is 0 Å². The van der Waals surface area contributed by atoms with Gasteiger partial charge in [0, 0.05) is 5.92 Å². The molecule has 0 unspecified atom stereocenters. The summed E-state index contributed by atoms with van der Waals surface area (Å²) in [5, 5.41) is 16.2. The van der Waals surface area contributed by atoms with Crippen molar-refractivity contribution >= 4 is 39.8 Å². The molecule has 1 N–H and O–H groups in total. The number of thioether (sulfide) groups is 1. The molecular formula is C25H24N4O2S. The zero-order valence-corrected chi connectivity index (χ0v) is 18.5. The average molecular weight is 445 g/mol. The van der Waals surface area contributed by atoms with Crippen molar-refractivity contribution in [2.24, 2.45) is 16.0 Å². The molecule has 2 aromatic rings. The molecule has 2 aliphatic heterocycles. The van der Waals surface area contributed by atoms with Gasteiger partial charge >= 0.3 is 0 Å². The summed E-state index contributed by atoms with van der Waals surface area (Å²) in [6, 6.07) is 17.5. The highest BCUT2D eigenvalue weighted by Crippen LogP contribution is 2.36. The van der Waals surface area contributed by atoms with Crippen LogP contribution in [0.4, 0.5) is 0 Å². The van der Waals surface area contributed by atoms with E-state index >= 15 is 0 Å². The molecule has 0 spiro atoms. The smallest absolute Gasteiger partial charge is 0.283 e. The second kappa shape index (κ2) is 9.12. The molecule has 0 atom stereocenters. The van der Waals surface area contributed by atoms with Crippen molar-refractivity contribution in [2.75, 3.05) is 0 Å². The van der Waals surface area contributed by atoms with Crippen LogP contribution in [0.3, 0.4) is 0 Å². The summed E-state index contributed by atoms with van der Waals surface area (Å²) in [7, 11) is 0. The Balaban J connectivity index is 1.29. The van der Waals surface area contributed by atoms with Gasteiger partial charge in [-0.15, -0.1) is 0 Å². The Morgan fingerprint density at radius 2 is 1.81 bits per heavy atom. The summed E-state index contributed by atoms with van der Waals surface area (Å²) >= 11 is 1.44. The van der Waals surface area contributed by atoms with Gasteiger partial charge in [-0.3, -0.25) is 10.2 Å². The molecular weight excluding hydrogens is 420 g/mol. The molecule has 0 bridgehead atoms. The first-order valence-corrected chi connectivity index (χ1v) is 11.8. The quantitative estimate of drug-likeness (QED) is 0.621. The number of aliphatic imine (C=N–C) groups is 1. The topological polar surface area (TPSA) is 78.1 Å². The molecule has 162 valence electrons. The van der Waals surface area contributed by atoms with Gasteiger partial charge < -0.3 is 4.74 Å². The van der Waals surface area contributed by atoms with E-state index in [9.17, 15) is 4.79 Å². The van der Waals surface area contributed by atoms with E-state index < -0.39 is 5.91 Å². The van der Waals surface area contributed by atoms with Gasteiger partial charge in [0.1, 0.15) is 17.4 Å². The maximum absolute atomic E-state index is 12.6. The molecule has 1 amide bonds. The lowest BCUT2D eigenvalue weighted by molar-refractivity contribution is -0.114. The van der Waals surface area contributed by atoms with E-state index in [1.165, 1.54) is 36.0 Å². The van der Waals surface area contributed by atoms with Crippen molar-refractivity contribution in [3.63, 3.8) is 0 Å². The van der Waals surface area contributed by atoms with Gasteiger partial charge in [-0.1, -0.05) is 61.7 Å². The molecule has 0 aromatic heterocycles. The van der Waals surface area contributed by atoms with Gasteiger partial charge in [-0.05, 0) is 53.9 Å². The monoisotopic (exact) mass is 444 g/mol. The third-order valence-corrected chi connectivity index (χ3v) is 6.93. The molecule has 7 heteroatoms. The Morgan fingerprint density at radius 3 is 2.56 bits per heavy atom. The van der Waals surface area contributed by atoms with Crippen LogP contribution in [0.1, 0.15) is 43.2 Å². The predicted octanol–water partition coefficient (Wildman–Crippen LogP) is 5.47. The number of ether oxygens (including phenoxy) is 1. The maximum atomic E-state index is 12.6. The lowest BCUT2D eigenvalue weighted by Gasteiger charge is -2.20. The van der Waals surface area contributed by atoms with Crippen molar-refractivity contribution in [1.29, 1.82) is 5.41 Å². The number of hydrogen-bond donors (Lipinski definition) is 1. The molecule has 5 rings (SSSR count). The van der Waals surface area contributed by atoms with Gasteiger partial charge in [-0.25, -0.2) is 0 Å². The lowest BCUT2D eigenvalue weighted by Crippen LogP contribution is -2.35. The summed E-state index contributed by atoms with van der Waals surface area (Å²) in [5.41, 5.74) is 2.17. The highest BCUT2D eigenvalue weighted by atomic mass is 32.2. The van der Waals surface area contributed by atoms with Crippen molar-refractivity contribution in [3.05, 3.63) is 71.3 Å². The fourth-order valence-corrected chi connectivity index (χ4v) is 5.15. The first-order valence-electron chi connectivity index (χ1n) is 10.9. The van der Waals surface area contributed by atoms with E-state index in [-0.39, 0.29) is 11.4 Å². The lowest BCUT2D eigenvalue weighted by atomic mass is 9.90. The van der Waals surface area contributed by atoms with Crippen LogP contribution < -0.4 is 4.74 Å². The van der Waals surface area contributed by atoms with E-state index in [1.807, 2.05) is 54.6 Å². The third kappa shape index (κ3) is 4.39. The van der Waals surface area contributed by atoms with E-state index in [2.05, 4.69) is 10.1 Å². The van der Waals surface area contributed by atoms with Crippen LogP contribution in [-0.4, -0.2) is 27.0 Å². The molecule has 1 aliphatic carbocycles. The zero-order valence-electron chi connectivity index (χ0n) is 17.7. The molecule has 0 saturated heterocycles. The Hall–Kier alpha value is -3.19. The first kappa shape index (κ1) is 20.7. The van der Waals surface area contributed by atoms with Crippen molar-refractivity contribution < 1.29 is 9.53 Å². The number of carbonyl (C=O) groups excluding carboxylic acids is 1. The SMILES string of the molecule is N=C1/C(=C/c2ccc(OCc3ccccc3)cc2)C(=O)N=C2SC(C3CCCCC3)=NN12. The molecule has 32 heavy (non-hydrogen) atoms. The molecule has 1 saturated carbocycles. The first-order chi connectivity index (χ1) is 15.7. The van der Waals surface area contributed by atoms with Gasteiger partial charge in [0.2, 0.25) is 5.17 Å². The maximum Gasteiger partial charge on any atom is 0.283 e. The molecule has 3 aliphatic rings. The van der Waals surface area contributed by atoms with E-state index in [0.29, 0.717) is 17.7 Å². The second-order valence-corrected chi connectivity index (χ2v) is 9.12. The fraction of sp³-hybridized carbons (Fsp3) is 0.280. The zero-order chi connectivity index (χ0) is 21.9. The van der Waals surface area contributed by atoms with Crippen LogP contribution in [0.15, 0.2) is 70.3 Å². The van der Waals surface area contributed by atoms with E-state index in [4.69, 9.17) is 10.1 Å². The summed E-state index contributed by atoms with van der Waals surface area (Å²) in [6.07, 6.45) is 7.64. The number of hydrogen-bond acceptors (Lipinski definition) is 5. The van der Waals surface area contributed by atoms with Gasteiger partial charge in [0.15, 0.2) is 5.84 Å². The highest BCUT2D eigenvalue weighted by molar-refractivity contribution is 8.27. The van der Waals surface area contributed by atoms with Crippen LogP contribution in [0.25, 0.3) is 6.08 Å². The van der Waals surface area contributed by atoms with E-state index in [0.717, 1.165) is 34.8 Å². The molecule has 2 heterocycles. The third-order valence-electron chi connectivity index (χ3n) is 5.86. The Morgan fingerprint density at radius 1 is 1.06 bits per heavy atom. The number of rotatable bonds is 5. The van der Waals surface area contributed by atoms with Crippen molar-refractivity contribution in [3.8, 4) is 5.75 Å². The summed E-state index contributed by atoms with van der Waals surface area (Å²) in [5.74, 6) is 0.862. The Labute approximate surface area is 191 Å². The summed E-state index contributed by atoms with van der Waals surface area (Å²) < 4.78 is 5.82. The molecule has 2 aromatic carbocycles. The number of nitrogens with one attached hydrogen (secondary N) is 1. The minimum atomic E-state index is -0.391. The second-order valence-electron chi connectivity index (χ2n) is 8.14. The average Bonchev–Trinajstić information content (AvgIpc) is 3.27. The number of fused-ring (bicyclic) bond motifs is 1. The minimum absolute atomic E-state index is 0.0858. The van der Waals surface area contributed by atoms with Crippen LogP contribution >= 0.6 is 11.8 Å². The molecule has 0 radical (unpaired) electrons. The van der Waals surface area contributed by atoms with Crippen molar-refractivity contribution in [2.45, 2.75) is 38.7 Å². The summed E-state index contributed by atoms with van der Waals surface area (Å²) in [6.45, 7) is 0.496. The van der Waals surface area contributed by atoms with Gasteiger partial charge in [0.05, 0.1) is 5.57 Å². The Bertz CT molecular complexity index is 1120. The molecule has 6 nitrogen and oxygen atoms in total. The summed E-state index contributed by atoms with van der Waals surface area (Å²) in [4.78, 5) is 16.9. The van der Waals surface area contributed by atoms with Crippen molar-refractivity contribution in [1.82, 2.24) is 5.01 Å². The number of nitrogens with zero attached hydrogens (tertiary/aromatic N) is 3. The number of carbonyl (C=O) groups is 1. The van der Waals surface area contributed by atoms with Gasteiger partial charge in [-0.2, -0.15) is 15.1 Å². The number of amides is 1. The normalized spacial score (nSPS) is 20.2. The molecule has 1 fully saturated rings. The largest absolute Gasteiger partial charge is 0.489 e. The van der Waals surface area contributed by atoms with Crippen LogP contribution in [-0.2, 0) is 11.4 Å². The van der Waals surface area contributed by atoms with Gasteiger partial charge in [0.25, 0.3) is 5.91 Å². The predicted molar refractivity (Wildman–Crippen MR) is 129 cm³/mol. The van der Waals surface area contributed by atoms with E-state index in [1.54, 1.807) is 6.08 Å². The fourth-order valence-electron chi connectivity index (χ4n) is 4.09. The highest BCUT2D eigenvalue weighted by Gasteiger charge is 2.37. The minimum Gasteiger partial charge on any atom is -0.489 e. The number of amidine groups is 2. The number of hydrazone groups is 1. The standard InChI is InChI=1S/C25H24N4O2S/c26-22-21(15-17-11-13-20(14-12-17)31-16-18-7-3-1-4-8-18)23(30)27-25-29(22)28-24(32-25)19-9-5-2-6-10-19/h1,3-4,7-8,11-15,19,26H,2,5-6,9-10,16H2/b21-15-,26-22?.